The number of nitrogens with one attached hydrogen (secondary N) is 1. The predicted octanol–water partition coefficient (Wildman–Crippen LogP) is 4.73. The van der Waals surface area contributed by atoms with Crippen LogP contribution in [0.4, 0.5) is 18.9 Å². The minimum atomic E-state index is -4.55. The van der Waals surface area contributed by atoms with Gasteiger partial charge in [0.25, 0.3) is 5.91 Å². The molecule has 0 unspecified atom stereocenters. The van der Waals surface area contributed by atoms with Crippen LogP contribution >= 0.6 is 15.9 Å². The van der Waals surface area contributed by atoms with Crippen LogP contribution in [-0.4, -0.2) is 18.1 Å². The lowest BCUT2D eigenvalue weighted by Crippen LogP contribution is -2.14. The normalized spacial score (nSPS) is 11.6. The van der Waals surface area contributed by atoms with Gasteiger partial charge < -0.3 is 15.2 Å². The van der Waals surface area contributed by atoms with E-state index in [0.717, 1.165) is 18.2 Å². The average Bonchev–Trinajstić information content (AvgIpc) is 2.60. The molecule has 0 atom stereocenters. The number of amides is 1. The number of anilines is 1. The van der Waals surface area contributed by atoms with Crippen molar-refractivity contribution >= 4 is 33.6 Å². The van der Waals surface area contributed by atoms with E-state index < -0.39 is 17.6 Å². The van der Waals surface area contributed by atoms with Crippen LogP contribution in [0.3, 0.4) is 0 Å². The SMILES string of the molecule is COc1cc(C=C(C#N)C(=O)Nc2cccc(C(F)(F)F)c2)c(Br)cc1O. The lowest BCUT2D eigenvalue weighted by Gasteiger charge is -2.10. The molecule has 0 aliphatic rings. The third kappa shape index (κ3) is 5.01. The predicted molar refractivity (Wildman–Crippen MR) is 96.0 cm³/mol. The van der Waals surface area contributed by atoms with Gasteiger partial charge in [-0.3, -0.25) is 4.79 Å². The number of alkyl halides is 3. The van der Waals surface area contributed by atoms with E-state index >= 15 is 0 Å². The van der Waals surface area contributed by atoms with Crippen molar-refractivity contribution in [1.82, 2.24) is 0 Å². The highest BCUT2D eigenvalue weighted by Crippen LogP contribution is 2.34. The van der Waals surface area contributed by atoms with Crippen molar-refractivity contribution in [3.63, 3.8) is 0 Å². The molecule has 2 aromatic rings. The number of methoxy groups -OCH3 is 1. The van der Waals surface area contributed by atoms with Crippen LogP contribution in [-0.2, 0) is 11.0 Å². The molecule has 2 N–H and O–H groups in total. The molecule has 0 aliphatic heterocycles. The van der Waals surface area contributed by atoms with Crippen molar-refractivity contribution in [3.05, 3.63) is 57.6 Å². The van der Waals surface area contributed by atoms with Crippen molar-refractivity contribution in [2.45, 2.75) is 6.18 Å². The van der Waals surface area contributed by atoms with Gasteiger partial charge in [-0.1, -0.05) is 22.0 Å². The molecule has 0 saturated carbocycles. The highest BCUT2D eigenvalue weighted by atomic mass is 79.9. The first-order valence-corrected chi connectivity index (χ1v) is 8.12. The maximum Gasteiger partial charge on any atom is 0.416 e. The van der Waals surface area contributed by atoms with Crippen LogP contribution in [0.1, 0.15) is 11.1 Å². The van der Waals surface area contributed by atoms with E-state index in [1.807, 2.05) is 0 Å². The van der Waals surface area contributed by atoms with E-state index in [0.29, 0.717) is 10.0 Å². The van der Waals surface area contributed by atoms with Gasteiger partial charge >= 0.3 is 6.18 Å². The molecular formula is C18H12BrF3N2O3. The molecule has 0 bridgehead atoms. The molecule has 0 spiro atoms. The molecule has 0 saturated heterocycles. The molecule has 0 aliphatic carbocycles. The zero-order chi connectivity index (χ0) is 20.2. The summed E-state index contributed by atoms with van der Waals surface area (Å²) in [6.07, 6.45) is -3.34. The molecule has 2 rings (SSSR count). The van der Waals surface area contributed by atoms with Crippen LogP contribution in [0.15, 0.2) is 46.4 Å². The summed E-state index contributed by atoms with van der Waals surface area (Å²) in [5.74, 6) is -0.899. The lowest BCUT2D eigenvalue weighted by atomic mass is 10.1. The number of hydrogen-bond acceptors (Lipinski definition) is 4. The summed E-state index contributed by atoms with van der Waals surface area (Å²) in [5.41, 5.74) is -1.01. The number of benzene rings is 2. The summed E-state index contributed by atoms with van der Waals surface area (Å²) in [7, 11) is 1.34. The molecular weight excluding hydrogens is 429 g/mol. The third-order valence-electron chi connectivity index (χ3n) is 3.41. The quantitative estimate of drug-likeness (QED) is 0.531. The Morgan fingerprint density at radius 1 is 1.33 bits per heavy atom. The Morgan fingerprint density at radius 2 is 2.04 bits per heavy atom. The van der Waals surface area contributed by atoms with E-state index in [-0.39, 0.29) is 22.8 Å². The Kier molecular flexibility index (Phi) is 6.13. The molecule has 0 heterocycles. The first-order valence-electron chi connectivity index (χ1n) is 7.32. The third-order valence-corrected chi connectivity index (χ3v) is 4.10. The number of carbonyl (C=O) groups is 1. The van der Waals surface area contributed by atoms with Gasteiger partial charge in [0, 0.05) is 10.2 Å². The van der Waals surface area contributed by atoms with Crippen molar-refractivity contribution in [1.29, 1.82) is 5.26 Å². The van der Waals surface area contributed by atoms with Gasteiger partial charge in [-0.15, -0.1) is 0 Å². The number of rotatable bonds is 4. The smallest absolute Gasteiger partial charge is 0.416 e. The summed E-state index contributed by atoms with van der Waals surface area (Å²) >= 11 is 3.19. The number of phenolic OH excluding ortho intramolecular Hbond substituents is 1. The molecule has 0 radical (unpaired) electrons. The largest absolute Gasteiger partial charge is 0.504 e. The van der Waals surface area contributed by atoms with Crippen LogP contribution < -0.4 is 10.1 Å². The number of ether oxygens (including phenoxy) is 1. The van der Waals surface area contributed by atoms with E-state index in [4.69, 9.17) is 4.74 Å². The van der Waals surface area contributed by atoms with Crippen LogP contribution in [0.5, 0.6) is 11.5 Å². The summed E-state index contributed by atoms with van der Waals surface area (Å²) < 4.78 is 43.6. The Hall–Kier alpha value is -2.99. The standard InChI is InChI=1S/C18H12BrF3N2O3/c1-27-16-6-10(14(19)8-15(16)25)5-11(9-23)17(26)24-13-4-2-3-12(7-13)18(20,21)22/h2-8,25H,1H3,(H,24,26). The van der Waals surface area contributed by atoms with Gasteiger partial charge in [0.2, 0.25) is 0 Å². The summed E-state index contributed by atoms with van der Waals surface area (Å²) in [6, 6.07) is 8.49. The number of halogens is 4. The van der Waals surface area contributed by atoms with Crippen molar-refractivity contribution in [3.8, 4) is 17.6 Å². The summed E-state index contributed by atoms with van der Waals surface area (Å²) in [6.45, 7) is 0. The number of carbonyl (C=O) groups excluding carboxylic acids is 1. The lowest BCUT2D eigenvalue weighted by molar-refractivity contribution is -0.137. The maximum atomic E-state index is 12.8. The van der Waals surface area contributed by atoms with Gasteiger partial charge in [-0.25, -0.2) is 0 Å². The number of hydrogen-bond donors (Lipinski definition) is 2. The molecule has 140 valence electrons. The highest BCUT2D eigenvalue weighted by molar-refractivity contribution is 9.10. The van der Waals surface area contributed by atoms with Crippen molar-refractivity contribution in [2.75, 3.05) is 12.4 Å². The van der Waals surface area contributed by atoms with Gasteiger partial charge in [-0.05, 0) is 42.0 Å². The first kappa shape index (κ1) is 20.3. The number of nitriles is 1. The summed E-state index contributed by atoms with van der Waals surface area (Å²) in [4.78, 5) is 12.3. The fourth-order valence-corrected chi connectivity index (χ4v) is 2.55. The van der Waals surface area contributed by atoms with Gasteiger partial charge in [0.15, 0.2) is 11.5 Å². The van der Waals surface area contributed by atoms with E-state index in [1.54, 1.807) is 6.07 Å². The second kappa shape index (κ2) is 8.14. The Morgan fingerprint density at radius 3 is 2.63 bits per heavy atom. The van der Waals surface area contributed by atoms with Crippen LogP contribution in [0.2, 0.25) is 0 Å². The minimum Gasteiger partial charge on any atom is -0.504 e. The van der Waals surface area contributed by atoms with Crippen molar-refractivity contribution < 1.29 is 27.8 Å². The fraction of sp³-hybridized carbons (Fsp3) is 0.111. The molecule has 1 amide bonds. The highest BCUT2D eigenvalue weighted by Gasteiger charge is 2.30. The number of nitrogens with zero attached hydrogens (tertiary/aromatic N) is 1. The van der Waals surface area contributed by atoms with Crippen LogP contribution in [0.25, 0.3) is 6.08 Å². The Labute approximate surface area is 160 Å². The zero-order valence-electron chi connectivity index (χ0n) is 13.8. The second-order valence-corrected chi connectivity index (χ2v) is 6.10. The van der Waals surface area contributed by atoms with E-state index in [1.165, 1.54) is 31.4 Å². The minimum absolute atomic E-state index is 0.0988. The fourth-order valence-electron chi connectivity index (χ4n) is 2.11. The zero-order valence-corrected chi connectivity index (χ0v) is 15.4. The van der Waals surface area contributed by atoms with Crippen molar-refractivity contribution in [2.24, 2.45) is 0 Å². The monoisotopic (exact) mass is 440 g/mol. The Bertz CT molecular complexity index is 950. The molecule has 2 aromatic carbocycles. The van der Waals surface area contributed by atoms with Gasteiger partial charge in [0.05, 0.1) is 12.7 Å². The molecule has 0 aromatic heterocycles. The topological polar surface area (TPSA) is 82.3 Å². The first-order chi connectivity index (χ1) is 12.7. The average molecular weight is 441 g/mol. The number of aromatic hydroxyl groups is 1. The van der Waals surface area contributed by atoms with Gasteiger partial charge in [0.1, 0.15) is 11.6 Å². The van der Waals surface area contributed by atoms with Gasteiger partial charge in [-0.2, -0.15) is 18.4 Å². The summed E-state index contributed by atoms with van der Waals surface area (Å²) in [5, 5.41) is 21.2. The maximum absolute atomic E-state index is 12.8. The number of phenols is 1. The van der Waals surface area contributed by atoms with E-state index in [2.05, 4.69) is 21.2 Å². The molecule has 0 fully saturated rings. The second-order valence-electron chi connectivity index (χ2n) is 5.25. The van der Waals surface area contributed by atoms with E-state index in [9.17, 15) is 28.3 Å². The molecule has 27 heavy (non-hydrogen) atoms. The van der Waals surface area contributed by atoms with Crippen LogP contribution in [0, 0.1) is 11.3 Å². The molecule has 9 heteroatoms. The Balaban J connectivity index is 2.32. The molecule has 5 nitrogen and oxygen atoms in total.